The molecule has 0 bridgehead atoms. The first-order valence-corrected chi connectivity index (χ1v) is 6.41. The highest BCUT2D eigenvalue weighted by Gasteiger charge is 2.18. The van der Waals surface area contributed by atoms with E-state index in [9.17, 15) is 0 Å². The molecular formula is C11H12BrNOS. The number of aryl methyl sites for hydroxylation is 1. The second kappa shape index (κ2) is 4.51. The van der Waals surface area contributed by atoms with Crippen LogP contribution in [-0.2, 0) is 0 Å². The third kappa shape index (κ3) is 2.17. The molecule has 15 heavy (non-hydrogen) atoms. The third-order valence-corrected chi connectivity index (χ3v) is 4.04. The zero-order valence-corrected chi connectivity index (χ0v) is 11.0. The normalized spacial score (nSPS) is 13.0. The van der Waals surface area contributed by atoms with Crippen molar-refractivity contribution in [3.63, 3.8) is 0 Å². The lowest BCUT2D eigenvalue weighted by Crippen LogP contribution is -2.16. The summed E-state index contributed by atoms with van der Waals surface area (Å²) in [7, 11) is 1.94. The predicted molar refractivity (Wildman–Crippen MR) is 66.4 cm³/mol. The van der Waals surface area contributed by atoms with Crippen LogP contribution in [0.5, 0.6) is 0 Å². The molecule has 0 aliphatic rings. The Morgan fingerprint density at radius 3 is 2.67 bits per heavy atom. The van der Waals surface area contributed by atoms with E-state index in [4.69, 9.17) is 4.42 Å². The molecule has 0 amide bonds. The van der Waals surface area contributed by atoms with Gasteiger partial charge in [-0.2, -0.15) is 11.3 Å². The van der Waals surface area contributed by atoms with Gasteiger partial charge in [-0.05, 0) is 47.4 Å². The van der Waals surface area contributed by atoms with Gasteiger partial charge in [-0.3, -0.25) is 0 Å². The van der Waals surface area contributed by atoms with E-state index < -0.39 is 0 Å². The molecule has 0 aromatic carbocycles. The van der Waals surface area contributed by atoms with Crippen molar-refractivity contribution in [3.8, 4) is 0 Å². The maximum Gasteiger partial charge on any atom is 0.125 e. The van der Waals surface area contributed by atoms with Crippen molar-refractivity contribution in [2.45, 2.75) is 13.0 Å². The Bertz CT molecular complexity index is 449. The molecule has 1 N–H and O–H groups in total. The summed E-state index contributed by atoms with van der Waals surface area (Å²) in [5.41, 5.74) is 1.22. The van der Waals surface area contributed by atoms with Crippen LogP contribution in [0.2, 0.25) is 0 Å². The van der Waals surface area contributed by atoms with Crippen molar-refractivity contribution in [1.29, 1.82) is 0 Å². The molecule has 2 heterocycles. The second-order valence-electron chi connectivity index (χ2n) is 3.35. The van der Waals surface area contributed by atoms with Gasteiger partial charge in [0.1, 0.15) is 11.5 Å². The molecule has 1 atom stereocenters. The predicted octanol–water partition coefficient (Wildman–Crippen LogP) is 3.72. The van der Waals surface area contributed by atoms with Gasteiger partial charge in [0.05, 0.1) is 6.04 Å². The lowest BCUT2D eigenvalue weighted by Gasteiger charge is -2.12. The summed E-state index contributed by atoms with van der Waals surface area (Å²) in [6, 6.07) is 4.12. The molecular weight excluding hydrogens is 274 g/mol. The topological polar surface area (TPSA) is 25.2 Å². The van der Waals surface area contributed by atoms with Gasteiger partial charge in [0, 0.05) is 15.4 Å². The zero-order chi connectivity index (χ0) is 10.8. The number of hydrogen-bond donors (Lipinski definition) is 1. The Balaban J connectivity index is 2.36. The number of furan rings is 1. The molecule has 0 fully saturated rings. The number of thiophene rings is 1. The average molecular weight is 286 g/mol. The van der Waals surface area contributed by atoms with Crippen LogP contribution in [0.4, 0.5) is 0 Å². The summed E-state index contributed by atoms with van der Waals surface area (Å²) in [4.78, 5) is 0. The number of rotatable bonds is 3. The van der Waals surface area contributed by atoms with Gasteiger partial charge in [-0.1, -0.05) is 0 Å². The van der Waals surface area contributed by atoms with Gasteiger partial charge in [0.15, 0.2) is 0 Å². The molecule has 2 nitrogen and oxygen atoms in total. The number of hydrogen-bond acceptors (Lipinski definition) is 3. The molecule has 0 saturated heterocycles. The highest BCUT2D eigenvalue weighted by atomic mass is 79.9. The van der Waals surface area contributed by atoms with Crippen LogP contribution in [0.1, 0.15) is 23.1 Å². The van der Waals surface area contributed by atoms with E-state index in [0.29, 0.717) is 0 Å². The van der Waals surface area contributed by atoms with Crippen LogP contribution in [-0.4, -0.2) is 7.05 Å². The van der Waals surface area contributed by atoms with Crippen LogP contribution in [0.15, 0.2) is 31.8 Å². The zero-order valence-electron chi connectivity index (χ0n) is 8.58. The van der Waals surface area contributed by atoms with Crippen molar-refractivity contribution < 1.29 is 4.42 Å². The van der Waals surface area contributed by atoms with E-state index in [2.05, 4.69) is 32.0 Å². The second-order valence-corrected chi connectivity index (χ2v) is 4.94. The van der Waals surface area contributed by atoms with E-state index in [-0.39, 0.29) is 6.04 Å². The fraction of sp³-hybridized carbons (Fsp3) is 0.273. The molecule has 0 radical (unpaired) electrons. The highest BCUT2D eigenvalue weighted by molar-refractivity contribution is 9.10. The summed E-state index contributed by atoms with van der Waals surface area (Å²) in [5, 5.41) is 7.46. The largest absolute Gasteiger partial charge is 0.464 e. The Hall–Kier alpha value is -0.580. The third-order valence-electron chi connectivity index (χ3n) is 2.29. The van der Waals surface area contributed by atoms with Crippen molar-refractivity contribution in [2.75, 3.05) is 7.05 Å². The fourth-order valence-corrected chi connectivity index (χ4v) is 3.11. The average Bonchev–Trinajstić information content (AvgIpc) is 2.79. The Labute approximate surface area is 101 Å². The molecule has 0 saturated carbocycles. The van der Waals surface area contributed by atoms with Crippen LogP contribution in [0, 0.1) is 6.92 Å². The van der Waals surface area contributed by atoms with E-state index >= 15 is 0 Å². The van der Waals surface area contributed by atoms with Crippen molar-refractivity contribution >= 4 is 27.3 Å². The summed E-state index contributed by atoms with van der Waals surface area (Å²) in [6.45, 7) is 1.96. The maximum atomic E-state index is 5.64. The van der Waals surface area contributed by atoms with Crippen LogP contribution in [0.25, 0.3) is 0 Å². The first-order chi connectivity index (χ1) is 7.22. The number of nitrogens with one attached hydrogen (secondary N) is 1. The van der Waals surface area contributed by atoms with Crippen LogP contribution in [0.3, 0.4) is 0 Å². The van der Waals surface area contributed by atoms with Crippen LogP contribution >= 0.6 is 27.3 Å². The quantitative estimate of drug-likeness (QED) is 0.930. The minimum atomic E-state index is 0.124. The van der Waals surface area contributed by atoms with E-state index in [1.54, 1.807) is 11.3 Å². The first kappa shape index (κ1) is 10.9. The molecule has 0 aliphatic carbocycles. The van der Waals surface area contributed by atoms with E-state index in [0.717, 1.165) is 16.0 Å². The molecule has 80 valence electrons. The smallest absolute Gasteiger partial charge is 0.125 e. The van der Waals surface area contributed by atoms with Crippen LogP contribution < -0.4 is 5.32 Å². The van der Waals surface area contributed by atoms with Gasteiger partial charge in [-0.25, -0.2) is 0 Å². The lowest BCUT2D eigenvalue weighted by molar-refractivity contribution is 0.444. The van der Waals surface area contributed by atoms with Gasteiger partial charge < -0.3 is 9.73 Å². The van der Waals surface area contributed by atoms with Gasteiger partial charge in [-0.15, -0.1) is 0 Å². The lowest BCUT2D eigenvalue weighted by atomic mass is 10.1. The maximum absolute atomic E-state index is 5.64. The molecule has 0 aliphatic heterocycles. The molecule has 1 unspecified atom stereocenters. The fourth-order valence-electron chi connectivity index (χ4n) is 1.56. The van der Waals surface area contributed by atoms with Crippen molar-refractivity contribution in [3.05, 3.63) is 44.4 Å². The van der Waals surface area contributed by atoms with Crippen molar-refractivity contribution in [1.82, 2.24) is 5.32 Å². The summed E-state index contributed by atoms with van der Waals surface area (Å²) in [6.07, 6.45) is 0. The Kier molecular flexibility index (Phi) is 3.29. The van der Waals surface area contributed by atoms with E-state index in [1.165, 1.54) is 5.56 Å². The summed E-state index contributed by atoms with van der Waals surface area (Å²) in [5.74, 6) is 1.89. The van der Waals surface area contributed by atoms with Gasteiger partial charge in [0.25, 0.3) is 0 Å². The first-order valence-electron chi connectivity index (χ1n) is 4.67. The molecule has 4 heteroatoms. The van der Waals surface area contributed by atoms with Gasteiger partial charge in [0.2, 0.25) is 0 Å². The Morgan fingerprint density at radius 1 is 1.40 bits per heavy atom. The highest BCUT2D eigenvalue weighted by Crippen LogP contribution is 2.31. The summed E-state index contributed by atoms with van der Waals surface area (Å²) >= 11 is 5.22. The molecule has 2 aromatic rings. The molecule has 0 spiro atoms. The SMILES string of the molecule is CNC(c1ccc(C)o1)c1cscc1Br. The van der Waals surface area contributed by atoms with Gasteiger partial charge >= 0.3 is 0 Å². The summed E-state index contributed by atoms with van der Waals surface area (Å²) < 4.78 is 6.76. The number of halogens is 1. The molecule has 2 rings (SSSR count). The Morgan fingerprint density at radius 2 is 2.20 bits per heavy atom. The monoisotopic (exact) mass is 285 g/mol. The minimum Gasteiger partial charge on any atom is -0.464 e. The van der Waals surface area contributed by atoms with E-state index in [1.807, 2.05) is 26.1 Å². The standard InChI is InChI=1S/C11H12BrNOS/c1-7-3-4-10(14-7)11(13-2)8-5-15-6-9(8)12/h3-6,11,13H,1-2H3. The molecule has 2 aromatic heterocycles. The van der Waals surface area contributed by atoms with Crippen molar-refractivity contribution in [2.24, 2.45) is 0 Å². The minimum absolute atomic E-state index is 0.124.